The van der Waals surface area contributed by atoms with Gasteiger partial charge in [-0.3, -0.25) is 4.79 Å². The molecule has 0 spiro atoms. The van der Waals surface area contributed by atoms with Gasteiger partial charge in [-0.15, -0.1) is 0 Å². The van der Waals surface area contributed by atoms with Crippen LogP contribution < -0.4 is 14.8 Å². The molecule has 1 amide bonds. The largest absolute Gasteiger partial charge is 0.488 e. The molecule has 0 aliphatic heterocycles. The molecule has 36 heavy (non-hydrogen) atoms. The van der Waals surface area contributed by atoms with Crippen molar-refractivity contribution in [3.05, 3.63) is 60.3 Å². The lowest BCUT2D eigenvalue weighted by molar-refractivity contribution is 0.0799. The monoisotopic (exact) mass is 518 g/mol. The third-order valence-electron chi connectivity index (χ3n) is 5.06. The van der Waals surface area contributed by atoms with Gasteiger partial charge in [-0.1, -0.05) is 0 Å². The zero-order chi connectivity index (χ0) is 26.3. The lowest BCUT2D eigenvalue weighted by Gasteiger charge is -2.16. The van der Waals surface area contributed by atoms with Crippen LogP contribution in [0, 0.1) is 0 Å². The van der Waals surface area contributed by atoms with Crippen molar-refractivity contribution in [2.75, 3.05) is 33.1 Å². The minimum absolute atomic E-state index is 0.0828. The maximum Gasteiger partial charge on any atom is 0.267 e. The first-order valence-corrected chi connectivity index (χ1v) is 13.0. The number of rotatable bonds is 12. The van der Waals surface area contributed by atoms with Crippen molar-refractivity contribution in [2.24, 2.45) is 0 Å². The van der Waals surface area contributed by atoms with E-state index in [2.05, 4.69) is 10.3 Å². The van der Waals surface area contributed by atoms with Crippen LogP contribution in [0.5, 0.6) is 17.2 Å². The highest BCUT2D eigenvalue weighted by Crippen LogP contribution is 2.33. The van der Waals surface area contributed by atoms with Crippen LogP contribution >= 0.6 is 0 Å². The second kappa shape index (κ2) is 12.0. The summed E-state index contributed by atoms with van der Waals surface area (Å²) in [5, 5.41) is 20.9. The van der Waals surface area contributed by atoms with E-state index in [9.17, 15) is 18.3 Å². The van der Waals surface area contributed by atoms with Crippen LogP contribution in [0.4, 0.5) is 0 Å². The molecule has 4 N–H and O–H groups in total. The highest BCUT2D eigenvalue weighted by molar-refractivity contribution is 7.90. The second-order valence-corrected chi connectivity index (χ2v) is 10.3. The highest BCUT2D eigenvalue weighted by atomic mass is 32.2. The van der Waals surface area contributed by atoms with Crippen LogP contribution in [0.25, 0.3) is 11.3 Å². The maximum atomic E-state index is 12.4. The van der Waals surface area contributed by atoms with Gasteiger partial charge in [0, 0.05) is 37.2 Å². The van der Waals surface area contributed by atoms with Gasteiger partial charge in [-0.25, -0.2) is 8.42 Å². The predicted molar refractivity (Wildman–Crippen MR) is 133 cm³/mol. The summed E-state index contributed by atoms with van der Waals surface area (Å²) >= 11 is 0. The molecule has 1 aromatic heterocycles. The van der Waals surface area contributed by atoms with E-state index in [-0.39, 0.29) is 23.2 Å². The predicted octanol–water partition coefficient (Wildman–Crippen LogP) is 2.37. The molecule has 0 aliphatic carbocycles. The first-order valence-electron chi connectivity index (χ1n) is 11.1. The van der Waals surface area contributed by atoms with Gasteiger partial charge in [-0.2, -0.15) is 0 Å². The molecule has 194 valence electrons. The highest BCUT2D eigenvalue weighted by Gasteiger charge is 2.14. The van der Waals surface area contributed by atoms with Crippen molar-refractivity contribution in [2.45, 2.75) is 24.0 Å². The Labute approximate surface area is 209 Å². The Hall–Kier alpha value is -3.38. The van der Waals surface area contributed by atoms with E-state index in [1.54, 1.807) is 49.6 Å². The van der Waals surface area contributed by atoms with Gasteiger partial charge >= 0.3 is 0 Å². The summed E-state index contributed by atoms with van der Waals surface area (Å²) in [7, 11) is -1.75. The molecular weight excluding hydrogens is 488 g/mol. The molecule has 3 aromatic rings. The van der Waals surface area contributed by atoms with Gasteiger partial charge in [0.1, 0.15) is 29.0 Å². The number of aromatic amines is 1. The fraction of sp³-hybridized carbons (Fsp3) is 0.320. The Morgan fingerprint density at radius 3 is 2.39 bits per heavy atom. The van der Waals surface area contributed by atoms with Crippen LogP contribution in [-0.2, 0) is 14.6 Å². The molecule has 3 rings (SSSR count). The van der Waals surface area contributed by atoms with Crippen molar-refractivity contribution in [3.63, 3.8) is 0 Å². The lowest BCUT2D eigenvalue weighted by atomic mass is 10.1. The van der Waals surface area contributed by atoms with Crippen molar-refractivity contribution in [1.29, 1.82) is 0 Å². The van der Waals surface area contributed by atoms with E-state index in [0.29, 0.717) is 35.1 Å². The number of hydrogen-bond acceptors (Lipinski definition) is 8. The number of amides is 1. The number of carbonyl (C=O) groups is 1. The van der Waals surface area contributed by atoms with E-state index in [1.165, 1.54) is 12.1 Å². The lowest BCUT2D eigenvalue weighted by Crippen LogP contribution is -2.34. The minimum atomic E-state index is -3.33. The number of carbonyl (C=O) groups excluding carboxylic acids is 1. The first-order chi connectivity index (χ1) is 17.1. The smallest absolute Gasteiger partial charge is 0.267 e. The topological polar surface area (TPSA) is 147 Å². The van der Waals surface area contributed by atoms with Gasteiger partial charge in [0.25, 0.3) is 5.91 Å². The van der Waals surface area contributed by atoms with Gasteiger partial charge in [0.2, 0.25) is 0 Å². The Bertz CT molecular complexity index is 1270. The molecule has 0 radical (unpaired) electrons. The number of ether oxygens (including phenoxy) is 3. The summed E-state index contributed by atoms with van der Waals surface area (Å²) in [5.74, 6) is 0.944. The van der Waals surface area contributed by atoms with Crippen molar-refractivity contribution in [1.82, 2.24) is 10.3 Å². The number of hydrogen-bond donors (Lipinski definition) is 4. The zero-order valence-corrected chi connectivity index (χ0v) is 21.0. The third-order valence-corrected chi connectivity index (χ3v) is 6.19. The molecule has 0 unspecified atom stereocenters. The maximum absolute atomic E-state index is 12.4. The summed E-state index contributed by atoms with van der Waals surface area (Å²) in [4.78, 5) is 15.6. The number of nitrogens with one attached hydrogen (secondary N) is 2. The van der Waals surface area contributed by atoms with Crippen molar-refractivity contribution in [3.8, 4) is 28.5 Å². The van der Waals surface area contributed by atoms with Crippen LogP contribution in [-0.4, -0.2) is 74.9 Å². The number of benzene rings is 2. The van der Waals surface area contributed by atoms with Crippen LogP contribution in [0.1, 0.15) is 17.4 Å². The molecule has 0 aliphatic rings. The molecule has 0 saturated carbocycles. The normalized spacial score (nSPS) is 13.1. The number of aromatic nitrogens is 1. The summed E-state index contributed by atoms with van der Waals surface area (Å²) in [6.45, 7) is 1.70. The number of methoxy groups -OCH3 is 1. The molecule has 0 saturated heterocycles. The fourth-order valence-corrected chi connectivity index (χ4v) is 3.94. The number of aliphatic hydroxyl groups excluding tert-OH is 2. The quantitative estimate of drug-likeness (QED) is 0.286. The third kappa shape index (κ3) is 7.56. The van der Waals surface area contributed by atoms with Gasteiger partial charge in [0.15, 0.2) is 9.84 Å². The average Bonchev–Trinajstić information content (AvgIpc) is 3.32. The summed E-state index contributed by atoms with van der Waals surface area (Å²) in [5.41, 5.74) is 1.56. The van der Waals surface area contributed by atoms with Gasteiger partial charge in [-0.05, 0) is 55.5 Å². The van der Waals surface area contributed by atoms with Crippen LogP contribution in [0.3, 0.4) is 0 Å². The standard InChI is InChI=1S/C25H30N2O8S/c1-16(15-33-2)34-20-10-17(23-8-9-24(27-23)25(30)26-13-18(29)14-28)11-21(12-20)35-19-4-6-22(7-5-19)36(3,31)32/h4-12,16,18,27-29H,13-15H2,1-3H3,(H,26,30)/t16-,18-/m0/s1. The fourth-order valence-electron chi connectivity index (χ4n) is 3.31. The number of sulfone groups is 1. The van der Waals surface area contributed by atoms with E-state index in [1.807, 2.05) is 6.92 Å². The van der Waals surface area contributed by atoms with Gasteiger partial charge < -0.3 is 34.7 Å². The molecule has 2 aromatic carbocycles. The first kappa shape index (κ1) is 27.2. The van der Waals surface area contributed by atoms with E-state index >= 15 is 0 Å². The Morgan fingerprint density at radius 2 is 1.75 bits per heavy atom. The Kier molecular flexibility index (Phi) is 9.10. The molecule has 1 heterocycles. The number of aliphatic hydroxyl groups is 2. The van der Waals surface area contributed by atoms with E-state index in [4.69, 9.17) is 19.3 Å². The SMILES string of the molecule is COC[C@H](C)Oc1cc(Oc2ccc(S(C)(=O)=O)cc2)cc(-c2ccc(C(=O)NC[C@H](O)CO)[nH]2)c1. The summed E-state index contributed by atoms with van der Waals surface area (Å²) in [6.07, 6.45) is -0.149. The Morgan fingerprint density at radius 1 is 1.06 bits per heavy atom. The summed E-state index contributed by atoms with van der Waals surface area (Å²) < 4.78 is 40.5. The van der Waals surface area contributed by atoms with Crippen molar-refractivity contribution < 1.29 is 37.6 Å². The molecule has 0 bridgehead atoms. The molecular formula is C25H30N2O8S. The van der Waals surface area contributed by atoms with Crippen LogP contribution in [0.2, 0.25) is 0 Å². The van der Waals surface area contributed by atoms with E-state index in [0.717, 1.165) is 6.26 Å². The molecule has 2 atom stereocenters. The minimum Gasteiger partial charge on any atom is -0.488 e. The van der Waals surface area contributed by atoms with Crippen molar-refractivity contribution >= 4 is 15.7 Å². The Balaban J connectivity index is 1.88. The summed E-state index contributed by atoms with van der Waals surface area (Å²) in [6, 6.07) is 14.6. The van der Waals surface area contributed by atoms with Gasteiger partial charge in [0.05, 0.1) is 24.2 Å². The molecule has 0 fully saturated rings. The van der Waals surface area contributed by atoms with E-state index < -0.39 is 28.5 Å². The average molecular weight is 519 g/mol. The second-order valence-electron chi connectivity index (χ2n) is 8.25. The van der Waals surface area contributed by atoms with Crippen LogP contribution in [0.15, 0.2) is 59.5 Å². The molecule has 11 heteroatoms. The number of H-pyrrole nitrogens is 1. The molecule has 10 nitrogen and oxygen atoms in total. The zero-order valence-electron chi connectivity index (χ0n) is 20.2.